The zero-order chi connectivity index (χ0) is 27.6. The van der Waals surface area contributed by atoms with Crippen LogP contribution in [0.15, 0.2) is 23.8 Å². The zero-order valence-electron chi connectivity index (χ0n) is 24.1. The van der Waals surface area contributed by atoms with Crippen molar-refractivity contribution in [2.75, 3.05) is 33.4 Å². The smallest absolute Gasteiger partial charge is 0.315 e. The number of carboxylic acids is 1. The maximum Gasteiger partial charge on any atom is 0.315 e. The standard InChI is InChI=1S/C31H47NO6/c1-18(2)13-32-14-26(36-7)21(6)38-27(15-32)37-17-30-12-23-20(5)8-9-24(23)29(16-33)11-22(30)10-25(19(3)4)31(29,30)28(34)35/h10,16,19-24,26-27H,1,8-9,11-15,17H2,2-7H3,(H,34,35)/t20-,21-,22-,23-,24-,26+,27-,29-,30+,31+/m1/s1. The molecule has 0 radical (unpaired) electrons. The fourth-order valence-electron chi connectivity index (χ4n) is 9.80. The molecule has 4 bridgehead atoms. The van der Waals surface area contributed by atoms with Gasteiger partial charge in [-0.15, -0.1) is 0 Å². The number of aldehydes is 1. The van der Waals surface area contributed by atoms with Crippen LogP contribution in [-0.2, 0) is 23.8 Å². The second-order valence-electron chi connectivity index (χ2n) is 13.5. The van der Waals surface area contributed by atoms with Gasteiger partial charge in [0.1, 0.15) is 11.7 Å². The van der Waals surface area contributed by atoms with E-state index < -0.39 is 28.5 Å². The molecule has 4 aliphatic carbocycles. The van der Waals surface area contributed by atoms with Crippen LogP contribution in [0.3, 0.4) is 0 Å². The van der Waals surface area contributed by atoms with Crippen LogP contribution in [0.4, 0.5) is 0 Å². The fourth-order valence-corrected chi connectivity index (χ4v) is 9.80. The first kappa shape index (κ1) is 28.0. The number of rotatable bonds is 9. The van der Waals surface area contributed by atoms with Crippen molar-refractivity contribution in [2.24, 2.45) is 45.8 Å². The van der Waals surface area contributed by atoms with E-state index in [-0.39, 0.29) is 36.6 Å². The summed E-state index contributed by atoms with van der Waals surface area (Å²) in [5, 5.41) is 11.2. The SMILES string of the molecule is C=C(C)CN1C[C@H](OC[C@@]23C[C@@H]4[C@H](C)CC[C@H]4[C@]4(C=O)C[C@H]2C=C(C(C)C)[C@@]34C(=O)O)O[C@H](C)[C@@H](OC)C1. The minimum atomic E-state index is -1.23. The lowest BCUT2D eigenvalue weighted by atomic mass is 9.43. The number of methoxy groups -OCH3 is 1. The van der Waals surface area contributed by atoms with E-state index >= 15 is 0 Å². The highest BCUT2D eigenvalue weighted by Gasteiger charge is 2.84. The van der Waals surface area contributed by atoms with Crippen molar-refractivity contribution in [3.63, 3.8) is 0 Å². The first-order chi connectivity index (χ1) is 18.0. The van der Waals surface area contributed by atoms with E-state index in [1.165, 1.54) is 0 Å². The number of hydrogen-bond donors (Lipinski definition) is 1. The zero-order valence-corrected chi connectivity index (χ0v) is 24.1. The number of carbonyl (C=O) groups excluding carboxylic acids is 1. The molecule has 0 spiro atoms. The van der Waals surface area contributed by atoms with Crippen molar-refractivity contribution in [3.05, 3.63) is 23.8 Å². The lowest BCUT2D eigenvalue weighted by molar-refractivity contribution is -0.219. The number of allylic oxidation sites excluding steroid dienone is 1. The van der Waals surface area contributed by atoms with Gasteiger partial charge in [-0.3, -0.25) is 9.69 Å². The van der Waals surface area contributed by atoms with Gasteiger partial charge >= 0.3 is 5.97 Å². The Morgan fingerprint density at radius 3 is 2.63 bits per heavy atom. The molecule has 0 aromatic rings. The topological polar surface area (TPSA) is 85.3 Å². The van der Waals surface area contributed by atoms with E-state index in [2.05, 4.69) is 38.3 Å². The summed E-state index contributed by atoms with van der Waals surface area (Å²) in [6.07, 6.45) is 5.91. The largest absolute Gasteiger partial charge is 0.481 e. The van der Waals surface area contributed by atoms with Gasteiger partial charge < -0.3 is 24.1 Å². The normalized spacial score (nSPS) is 46.1. The molecule has 1 saturated heterocycles. The van der Waals surface area contributed by atoms with Crippen LogP contribution in [0, 0.1) is 45.8 Å². The molecule has 7 nitrogen and oxygen atoms in total. The lowest BCUT2D eigenvalue weighted by Crippen LogP contribution is -2.63. The molecule has 0 unspecified atom stereocenters. The molecule has 7 heteroatoms. The molecule has 0 aromatic carbocycles. The molecule has 5 rings (SSSR count). The molecular formula is C31H47NO6. The summed E-state index contributed by atoms with van der Waals surface area (Å²) in [4.78, 5) is 29.1. The molecular weight excluding hydrogens is 482 g/mol. The van der Waals surface area contributed by atoms with Crippen molar-refractivity contribution >= 4 is 12.3 Å². The van der Waals surface area contributed by atoms with E-state index in [1.807, 2.05) is 13.8 Å². The number of aliphatic carboxylic acids is 1. The Kier molecular flexibility index (Phi) is 7.24. The van der Waals surface area contributed by atoms with Gasteiger partial charge in [-0.25, -0.2) is 0 Å². The molecule has 10 atom stereocenters. The number of nitrogens with zero attached hydrogens (tertiary/aromatic N) is 1. The van der Waals surface area contributed by atoms with Crippen molar-refractivity contribution in [1.29, 1.82) is 0 Å². The van der Waals surface area contributed by atoms with Gasteiger partial charge in [-0.1, -0.05) is 51.0 Å². The van der Waals surface area contributed by atoms with Gasteiger partial charge in [0.05, 0.1) is 24.2 Å². The molecule has 0 aromatic heterocycles. The fraction of sp³-hybridized carbons (Fsp3) is 0.806. The molecule has 1 N–H and O–H groups in total. The van der Waals surface area contributed by atoms with Gasteiger partial charge in [0, 0.05) is 32.2 Å². The van der Waals surface area contributed by atoms with Crippen molar-refractivity contribution in [1.82, 2.24) is 4.90 Å². The molecule has 3 saturated carbocycles. The highest BCUT2D eigenvalue weighted by molar-refractivity contribution is 5.90. The molecule has 1 aliphatic heterocycles. The summed E-state index contributed by atoms with van der Waals surface area (Å²) in [5.41, 5.74) is -0.763. The molecule has 0 amide bonds. The van der Waals surface area contributed by atoms with Crippen molar-refractivity contribution in [2.45, 2.75) is 78.8 Å². The first-order valence-electron chi connectivity index (χ1n) is 14.6. The summed E-state index contributed by atoms with van der Waals surface area (Å²) < 4.78 is 18.8. The number of hydrogen-bond acceptors (Lipinski definition) is 6. The molecule has 4 fully saturated rings. The third-order valence-corrected chi connectivity index (χ3v) is 11.2. The lowest BCUT2D eigenvalue weighted by Gasteiger charge is -2.58. The molecule has 1 heterocycles. The van der Waals surface area contributed by atoms with Crippen LogP contribution < -0.4 is 0 Å². The third kappa shape index (κ3) is 3.68. The Balaban J connectivity index is 1.53. The van der Waals surface area contributed by atoms with Gasteiger partial charge in [-0.05, 0) is 62.7 Å². The quantitative estimate of drug-likeness (QED) is 0.346. The maximum atomic E-state index is 13.6. The van der Waals surface area contributed by atoms with Gasteiger partial charge in [0.25, 0.3) is 0 Å². The van der Waals surface area contributed by atoms with E-state index in [9.17, 15) is 14.7 Å². The molecule has 5 aliphatic rings. The number of ether oxygens (including phenoxy) is 3. The van der Waals surface area contributed by atoms with E-state index in [1.54, 1.807) is 7.11 Å². The van der Waals surface area contributed by atoms with Crippen LogP contribution in [0.2, 0.25) is 0 Å². The summed E-state index contributed by atoms with van der Waals surface area (Å²) in [6.45, 7) is 16.8. The Morgan fingerprint density at radius 2 is 2.03 bits per heavy atom. The Labute approximate surface area is 227 Å². The summed E-state index contributed by atoms with van der Waals surface area (Å²) in [7, 11) is 1.70. The van der Waals surface area contributed by atoms with Gasteiger partial charge in [-0.2, -0.15) is 0 Å². The predicted octanol–water partition coefficient (Wildman–Crippen LogP) is 4.57. The second-order valence-corrected chi connectivity index (χ2v) is 13.5. The van der Waals surface area contributed by atoms with Crippen LogP contribution in [-0.4, -0.2) is 74.1 Å². The van der Waals surface area contributed by atoms with E-state index in [4.69, 9.17) is 14.2 Å². The van der Waals surface area contributed by atoms with Crippen molar-refractivity contribution in [3.8, 4) is 0 Å². The number of carbonyl (C=O) groups is 2. The minimum absolute atomic E-state index is 0.0143. The van der Waals surface area contributed by atoms with Crippen LogP contribution in [0.25, 0.3) is 0 Å². The van der Waals surface area contributed by atoms with Crippen LogP contribution in [0.1, 0.15) is 60.3 Å². The summed E-state index contributed by atoms with van der Waals surface area (Å²) in [5.74, 6) is 0.160. The van der Waals surface area contributed by atoms with Crippen LogP contribution >= 0.6 is 0 Å². The minimum Gasteiger partial charge on any atom is -0.481 e. The summed E-state index contributed by atoms with van der Waals surface area (Å²) >= 11 is 0. The number of carboxylic acid groups (broad SMARTS) is 1. The Morgan fingerprint density at radius 1 is 1.29 bits per heavy atom. The highest BCUT2D eigenvalue weighted by atomic mass is 16.7. The third-order valence-electron chi connectivity index (χ3n) is 11.2. The summed E-state index contributed by atoms with van der Waals surface area (Å²) in [6, 6.07) is 0. The van der Waals surface area contributed by atoms with Gasteiger partial charge in [0.15, 0.2) is 6.29 Å². The monoisotopic (exact) mass is 529 g/mol. The van der Waals surface area contributed by atoms with Crippen molar-refractivity contribution < 1.29 is 28.9 Å². The first-order valence-corrected chi connectivity index (χ1v) is 14.6. The predicted molar refractivity (Wildman–Crippen MR) is 144 cm³/mol. The van der Waals surface area contributed by atoms with E-state index in [0.717, 1.165) is 43.2 Å². The number of fused-ring (bicyclic) bond motifs is 2. The second kappa shape index (κ2) is 9.83. The maximum absolute atomic E-state index is 13.6. The van der Waals surface area contributed by atoms with Gasteiger partial charge in [0.2, 0.25) is 0 Å². The molecule has 212 valence electrons. The Bertz CT molecular complexity index is 1010. The van der Waals surface area contributed by atoms with E-state index in [0.29, 0.717) is 31.3 Å². The van der Waals surface area contributed by atoms with Crippen LogP contribution in [0.5, 0.6) is 0 Å². The molecule has 38 heavy (non-hydrogen) atoms. The Hall–Kier alpha value is -1.54. The highest BCUT2D eigenvalue weighted by Crippen LogP contribution is 2.82. The average Bonchev–Trinajstić information content (AvgIpc) is 3.37. The average molecular weight is 530 g/mol.